The maximum Gasteiger partial charge on any atom is 0.387 e. The molecule has 0 unspecified atom stereocenters. The fraction of sp³-hybridized carbons (Fsp3) is 0.273. The SMILES string of the molecule is COc1ccc2ccc(O)c(CN(C)Cc3ccc(OC)c(OC(F)F)c3)c2c1. The number of methoxy groups -OCH3 is 2. The number of phenolic OH excluding ortho intramolecular Hbond substituents is 1. The fourth-order valence-corrected chi connectivity index (χ4v) is 3.29. The first-order valence-corrected chi connectivity index (χ1v) is 9.00. The Morgan fingerprint density at radius 2 is 1.69 bits per heavy atom. The van der Waals surface area contributed by atoms with Gasteiger partial charge in [0.15, 0.2) is 11.5 Å². The summed E-state index contributed by atoms with van der Waals surface area (Å²) in [5, 5.41) is 12.3. The van der Waals surface area contributed by atoms with Gasteiger partial charge in [-0.05, 0) is 53.7 Å². The third kappa shape index (κ3) is 4.86. The van der Waals surface area contributed by atoms with Crippen molar-refractivity contribution < 1.29 is 28.1 Å². The molecule has 0 aliphatic heterocycles. The Bertz CT molecular complexity index is 994. The lowest BCUT2D eigenvalue weighted by Crippen LogP contribution is -2.17. The second-order valence-corrected chi connectivity index (χ2v) is 6.69. The highest BCUT2D eigenvalue weighted by Gasteiger charge is 2.14. The molecular formula is C22H23F2NO4. The van der Waals surface area contributed by atoms with E-state index in [9.17, 15) is 13.9 Å². The summed E-state index contributed by atoms with van der Waals surface area (Å²) in [6, 6.07) is 14.1. The zero-order chi connectivity index (χ0) is 21.0. The molecule has 0 heterocycles. The van der Waals surface area contributed by atoms with Gasteiger partial charge in [0.2, 0.25) is 0 Å². The van der Waals surface area contributed by atoms with Crippen LogP contribution in [0.3, 0.4) is 0 Å². The molecular weight excluding hydrogens is 380 g/mol. The third-order valence-corrected chi connectivity index (χ3v) is 4.64. The molecule has 29 heavy (non-hydrogen) atoms. The number of rotatable bonds is 8. The van der Waals surface area contributed by atoms with Crippen LogP contribution in [0.1, 0.15) is 11.1 Å². The van der Waals surface area contributed by atoms with Gasteiger partial charge in [-0.1, -0.05) is 18.2 Å². The Labute approximate surface area is 168 Å². The molecule has 0 aliphatic carbocycles. The lowest BCUT2D eigenvalue weighted by Gasteiger charge is -2.20. The van der Waals surface area contributed by atoms with Crippen LogP contribution in [0, 0.1) is 0 Å². The number of halogens is 2. The second kappa shape index (κ2) is 8.96. The highest BCUT2D eigenvalue weighted by molar-refractivity contribution is 5.88. The molecule has 7 heteroatoms. The van der Waals surface area contributed by atoms with E-state index in [1.807, 2.05) is 36.2 Å². The highest BCUT2D eigenvalue weighted by atomic mass is 19.3. The number of fused-ring (bicyclic) bond motifs is 1. The molecule has 154 valence electrons. The van der Waals surface area contributed by atoms with Crippen LogP contribution in [-0.4, -0.2) is 37.9 Å². The maximum atomic E-state index is 12.6. The van der Waals surface area contributed by atoms with Gasteiger partial charge in [-0.2, -0.15) is 8.78 Å². The molecule has 3 aromatic rings. The standard InChI is InChI=1S/C22H23F2NO4/c1-25(12-14-4-9-20(28-3)21(10-14)29-22(23)24)13-18-17-11-16(27-2)7-5-15(17)6-8-19(18)26/h4-11,22,26H,12-13H2,1-3H3. The average Bonchev–Trinajstić information content (AvgIpc) is 2.69. The first-order valence-electron chi connectivity index (χ1n) is 9.00. The first kappa shape index (κ1) is 20.7. The van der Waals surface area contributed by atoms with Crippen molar-refractivity contribution >= 4 is 10.8 Å². The number of benzene rings is 3. The Morgan fingerprint density at radius 1 is 0.931 bits per heavy atom. The lowest BCUT2D eigenvalue weighted by molar-refractivity contribution is -0.0512. The van der Waals surface area contributed by atoms with Crippen LogP contribution in [0.4, 0.5) is 8.78 Å². The zero-order valence-electron chi connectivity index (χ0n) is 16.5. The normalized spacial score (nSPS) is 11.3. The van der Waals surface area contributed by atoms with Crippen LogP contribution in [0.25, 0.3) is 10.8 Å². The van der Waals surface area contributed by atoms with E-state index in [0.29, 0.717) is 18.8 Å². The summed E-state index contributed by atoms with van der Waals surface area (Å²) >= 11 is 0. The number of alkyl halides is 2. The first-order chi connectivity index (χ1) is 13.9. The second-order valence-electron chi connectivity index (χ2n) is 6.69. The van der Waals surface area contributed by atoms with Gasteiger partial charge in [0, 0.05) is 18.7 Å². The van der Waals surface area contributed by atoms with E-state index in [2.05, 4.69) is 4.74 Å². The summed E-state index contributed by atoms with van der Waals surface area (Å²) < 4.78 is 40.2. The van der Waals surface area contributed by atoms with Crippen LogP contribution < -0.4 is 14.2 Å². The van der Waals surface area contributed by atoms with Crippen molar-refractivity contribution in [3.8, 4) is 23.0 Å². The molecule has 3 rings (SSSR count). The van der Waals surface area contributed by atoms with Crippen molar-refractivity contribution in [3.63, 3.8) is 0 Å². The Morgan fingerprint density at radius 3 is 2.38 bits per heavy atom. The highest BCUT2D eigenvalue weighted by Crippen LogP contribution is 2.32. The van der Waals surface area contributed by atoms with Crippen LogP contribution in [-0.2, 0) is 13.1 Å². The van der Waals surface area contributed by atoms with E-state index < -0.39 is 6.61 Å². The summed E-state index contributed by atoms with van der Waals surface area (Å²) in [6.07, 6.45) is 0. The summed E-state index contributed by atoms with van der Waals surface area (Å²) in [5.74, 6) is 1.13. The van der Waals surface area contributed by atoms with E-state index in [4.69, 9.17) is 9.47 Å². The number of aromatic hydroxyl groups is 1. The lowest BCUT2D eigenvalue weighted by atomic mass is 10.0. The van der Waals surface area contributed by atoms with Crippen LogP contribution in [0.15, 0.2) is 48.5 Å². The molecule has 0 aromatic heterocycles. The van der Waals surface area contributed by atoms with E-state index in [1.54, 1.807) is 25.3 Å². The van der Waals surface area contributed by atoms with Crippen LogP contribution >= 0.6 is 0 Å². The van der Waals surface area contributed by atoms with Crippen molar-refractivity contribution in [1.29, 1.82) is 0 Å². The van der Waals surface area contributed by atoms with Gasteiger partial charge in [0.1, 0.15) is 11.5 Å². The largest absolute Gasteiger partial charge is 0.508 e. The topological polar surface area (TPSA) is 51.2 Å². The molecule has 0 saturated heterocycles. The van der Waals surface area contributed by atoms with E-state index in [0.717, 1.165) is 21.9 Å². The fourth-order valence-electron chi connectivity index (χ4n) is 3.29. The van der Waals surface area contributed by atoms with Gasteiger partial charge in [-0.3, -0.25) is 4.90 Å². The molecule has 1 N–H and O–H groups in total. The maximum absolute atomic E-state index is 12.6. The number of phenols is 1. The van der Waals surface area contributed by atoms with Gasteiger partial charge in [-0.25, -0.2) is 0 Å². The third-order valence-electron chi connectivity index (χ3n) is 4.64. The summed E-state index contributed by atoms with van der Waals surface area (Å²) in [7, 11) is 4.88. The van der Waals surface area contributed by atoms with Crippen molar-refractivity contribution in [2.24, 2.45) is 0 Å². The quantitative estimate of drug-likeness (QED) is 0.586. The van der Waals surface area contributed by atoms with Crippen LogP contribution in [0.5, 0.6) is 23.0 Å². The predicted octanol–water partition coefficient (Wildman–Crippen LogP) is 4.80. The Kier molecular flexibility index (Phi) is 6.39. The number of hydrogen-bond donors (Lipinski definition) is 1. The van der Waals surface area contributed by atoms with Crippen LogP contribution in [0.2, 0.25) is 0 Å². The van der Waals surface area contributed by atoms with Gasteiger partial charge in [-0.15, -0.1) is 0 Å². The summed E-state index contributed by atoms with van der Waals surface area (Å²) in [5.41, 5.74) is 1.54. The minimum absolute atomic E-state index is 0.00820. The van der Waals surface area contributed by atoms with E-state index in [1.165, 1.54) is 13.2 Å². The van der Waals surface area contributed by atoms with Crippen molar-refractivity contribution in [2.75, 3.05) is 21.3 Å². The van der Waals surface area contributed by atoms with Crippen molar-refractivity contribution in [2.45, 2.75) is 19.7 Å². The van der Waals surface area contributed by atoms with Gasteiger partial charge >= 0.3 is 6.61 Å². The van der Waals surface area contributed by atoms with Crippen molar-refractivity contribution in [3.05, 3.63) is 59.7 Å². The van der Waals surface area contributed by atoms with Gasteiger partial charge < -0.3 is 19.3 Å². The molecule has 0 saturated carbocycles. The minimum atomic E-state index is -2.93. The van der Waals surface area contributed by atoms with Gasteiger partial charge in [0.25, 0.3) is 0 Å². The molecule has 0 spiro atoms. The smallest absolute Gasteiger partial charge is 0.387 e. The molecule has 0 radical (unpaired) electrons. The summed E-state index contributed by atoms with van der Waals surface area (Å²) in [4.78, 5) is 1.97. The van der Waals surface area contributed by atoms with E-state index >= 15 is 0 Å². The summed E-state index contributed by atoms with van der Waals surface area (Å²) in [6.45, 7) is -2.02. The molecule has 0 fully saturated rings. The molecule has 0 aliphatic rings. The average molecular weight is 403 g/mol. The molecule has 3 aromatic carbocycles. The zero-order valence-corrected chi connectivity index (χ0v) is 16.5. The number of nitrogens with zero attached hydrogens (tertiary/aromatic N) is 1. The molecule has 5 nitrogen and oxygen atoms in total. The predicted molar refractivity (Wildman–Crippen MR) is 107 cm³/mol. The van der Waals surface area contributed by atoms with Gasteiger partial charge in [0.05, 0.1) is 14.2 Å². The molecule has 0 atom stereocenters. The molecule has 0 bridgehead atoms. The number of hydrogen-bond acceptors (Lipinski definition) is 5. The Hall–Kier alpha value is -3.06. The molecule has 0 amide bonds. The minimum Gasteiger partial charge on any atom is -0.508 e. The monoisotopic (exact) mass is 403 g/mol. The number of ether oxygens (including phenoxy) is 3. The van der Waals surface area contributed by atoms with Crippen molar-refractivity contribution in [1.82, 2.24) is 4.90 Å². The van der Waals surface area contributed by atoms with E-state index in [-0.39, 0.29) is 17.2 Å². The Balaban J connectivity index is 1.84.